The van der Waals surface area contributed by atoms with Gasteiger partial charge in [0.15, 0.2) is 0 Å². The molecule has 0 aliphatic rings. The van der Waals surface area contributed by atoms with Gasteiger partial charge in [0.25, 0.3) is 0 Å². The highest BCUT2D eigenvalue weighted by atomic mass is 32.1. The predicted molar refractivity (Wildman–Crippen MR) is 81.3 cm³/mol. The quantitative estimate of drug-likeness (QED) is 0.820. The summed E-state index contributed by atoms with van der Waals surface area (Å²) >= 11 is 1.80. The van der Waals surface area contributed by atoms with Crippen LogP contribution in [0.1, 0.15) is 71.5 Å². The molecule has 0 radical (unpaired) electrons. The van der Waals surface area contributed by atoms with E-state index in [9.17, 15) is 0 Å². The van der Waals surface area contributed by atoms with E-state index >= 15 is 0 Å². The van der Waals surface area contributed by atoms with Gasteiger partial charge in [0.1, 0.15) is 5.01 Å². The fourth-order valence-corrected chi connectivity index (χ4v) is 3.43. The van der Waals surface area contributed by atoms with Crippen LogP contribution >= 0.6 is 11.3 Å². The lowest BCUT2D eigenvalue weighted by Crippen LogP contribution is -2.48. The second-order valence-corrected chi connectivity index (χ2v) is 6.90. The zero-order chi connectivity index (χ0) is 13.9. The maximum Gasteiger partial charge on any atom is 0.113 e. The first kappa shape index (κ1) is 15.6. The van der Waals surface area contributed by atoms with Crippen LogP contribution in [0.4, 0.5) is 0 Å². The van der Waals surface area contributed by atoms with Crippen molar-refractivity contribution in [2.24, 2.45) is 5.92 Å². The molecule has 0 spiro atoms. The molecule has 0 amide bonds. The third-order valence-electron chi connectivity index (χ3n) is 3.74. The lowest BCUT2D eigenvalue weighted by molar-refractivity contribution is 0.223. The molecule has 0 saturated carbocycles. The second-order valence-electron chi connectivity index (χ2n) is 6.04. The lowest BCUT2D eigenvalue weighted by atomic mass is 9.85. The fraction of sp³-hybridized carbons (Fsp3) is 0.800. The Labute approximate surface area is 116 Å². The summed E-state index contributed by atoms with van der Waals surface area (Å²) < 4.78 is 0. The Kier molecular flexibility index (Phi) is 5.35. The molecule has 1 heterocycles. The lowest BCUT2D eigenvalue weighted by Gasteiger charge is -2.36. The van der Waals surface area contributed by atoms with Crippen molar-refractivity contribution in [3.8, 4) is 0 Å². The molecular formula is C15H28N2S. The Hall–Kier alpha value is -0.410. The van der Waals surface area contributed by atoms with Gasteiger partial charge in [-0.25, -0.2) is 4.98 Å². The van der Waals surface area contributed by atoms with Crippen LogP contribution in [0.25, 0.3) is 0 Å². The summed E-state index contributed by atoms with van der Waals surface area (Å²) in [7, 11) is 0. The molecule has 104 valence electrons. The number of hydrogen-bond acceptors (Lipinski definition) is 3. The molecule has 0 aliphatic heterocycles. The third kappa shape index (κ3) is 3.33. The second kappa shape index (κ2) is 6.16. The zero-order valence-electron chi connectivity index (χ0n) is 12.9. The van der Waals surface area contributed by atoms with Gasteiger partial charge >= 0.3 is 0 Å². The van der Waals surface area contributed by atoms with Crippen molar-refractivity contribution in [3.63, 3.8) is 0 Å². The van der Waals surface area contributed by atoms with E-state index in [1.54, 1.807) is 11.3 Å². The van der Waals surface area contributed by atoms with Crippen LogP contribution in [-0.2, 0) is 5.54 Å². The van der Waals surface area contributed by atoms with Crippen molar-refractivity contribution in [1.82, 2.24) is 10.3 Å². The van der Waals surface area contributed by atoms with Crippen molar-refractivity contribution in [3.05, 3.63) is 16.1 Å². The first-order valence-electron chi connectivity index (χ1n) is 7.04. The van der Waals surface area contributed by atoms with Gasteiger partial charge in [0.2, 0.25) is 0 Å². The molecule has 1 rings (SSSR count). The topological polar surface area (TPSA) is 24.9 Å². The van der Waals surface area contributed by atoms with Crippen LogP contribution in [0, 0.1) is 5.92 Å². The van der Waals surface area contributed by atoms with E-state index in [1.807, 2.05) is 0 Å². The minimum absolute atomic E-state index is 0.0132. The first-order chi connectivity index (χ1) is 8.31. The minimum atomic E-state index is -0.0132. The van der Waals surface area contributed by atoms with Crippen molar-refractivity contribution in [1.29, 1.82) is 0 Å². The summed E-state index contributed by atoms with van der Waals surface area (Å²) in [4.78, 5) is 4.86. The van der Waals surface area contributed by atoms with Gasteiger partial charge in [0.05, 0.1) is 11.2 Å². The van der Waals surface area contributed by atoms with E-state index in [2.05, 4.69) is 59.2 Å². The molecule has 2 nitrogen and oxygen atoms in total. The molecule has 18 heavy (non-hydrogen) atoms. The van der Waals surface area contributed by atoms with Crippen LogP contribution in [0.3, 0.4) is 0 Å². The number of rotatable bonds is 6. The fourth-order valence-electron chi connectivity index (χ4n) is 2.21. The van der Waals surface area contributed by atoms with Crippen molar-refractivity contribution in [2.75, 3.05) is 0 Å². The standard InChI is InChI=1S/C15H28N2S/c1-8-12(6)15(7,17-11(4)5)14-16-13(9-18-14)10(2)3/h9-12,17H,8H2,1-7H3. The highest BCUT2D eigenvalue weighted by Gasteiger charge is 2.35. The van der Waals surface area contributed by atoms with Gasteiger partial charge in [-0.3, -0.25) is 0 Å². The number of hydrogen-bond donors (Lipinski definition) is 1. The summed E-state index contributed by atoms with van der Waals surface area (Å²) in [6.45, 7) is 15.7. The van der Waals surface area contributed by atoms with Crippen LogP contribution < -0.4 is 5.32 Å². The van der Waals surface area contributed by atoms with Crippen LogP contribution in [0.5, 0.6) is 0 Å². The maximum atomic E-state index is 4.86. The highest BCUT2D eigenvalue weighted by molar-refractivity contribution is 7.09. The zero-order valence-corrected chi connectivity index (χ0v) is 13.7. The van der Waals surface area contributed by atoms with E-state index in [0.29, 0.717) is 17.9 Å². The summed E-state index contributed by atoms with van der Waals surface area (Å²) in [5, 5.41) is 7.17. The van der Waals surface area contributed by atoms with Crippen molar-refractivity contribution in [2.45, 2.75) is 72.4 Å². The van der Waals surface area contributed by atoms with E-state index in [1.165, 1.54) is 10.7 Å². The van der Waals surface area contributed by atoms with Crippen LogP contribution in [0.15, 0.2) is 5.38 Å². The normalized spacial score (nSPS) is 17.2. The average Bonchev–Trinajstić information content (AvgIpc) is 2.76. The van der Waals surface area contributed by atoms with E-state index in [4.69, 9.17) is 4.98 Å². The Balaban J connectivity index is 3.08. The molecule has 1 N–H and O–H groups in total. The predicted octanol–water partition coefficient (Wildman–Crippen LogP) is 4.53. The van der Waals surface area contributed by atoms with Gasteiger partial charge < -0.3 is 5.32 Å². The van der Waals surface area contributed by atoms with E-state index in [-0.39, 0.29) is 5.54 Å². The Bertz CT molecular complexity index is 370. The van der Waals surface area contributed by atoms with E-state index in [0.717, 1.165) is 6.42 Å². The molecule has 2 atom stereocenters. The molecule has 0 saturated heterocycles. The molecule has 0 bridgehead atoms. The molecule has 0 aliphatic carbocycles. The average molecular weight is 268 g/mol. The van der Waals surface area contributed by atoms with Crippen LogP contribution in [-0.4, -0.2) is 11.0 Å². The molecule has 1 aromatic heterocycles. The van der Waals surface area contributed by atoms with Crippen LogP contribution in [0.2, 0.25) is 0 Å². The van der Waals surface area contributed by atoms with Crippen molar-refractivity contribution >= 4 is 11.3 Å². The number of nitrogens with one attached hydrogen (secondary N) is 1. The molecule has 2 unspecified atom stereocenters. The number of thiazole rings is 1. The monoisotopic (exact) mass is 268 g/mol. The Morgan fingerprint density at radius 3 is 2.28 bits per heavy atom. The smallest absolute Gasteiger partial charge is 0.113 e. The summed E-state index contributed by atoms with van der Waals surface area (Å²) in [5.74, 6) is 1.08. The maximum absolute atomic E-state index is 4.86. The van der Waals surface area contributed by atoms with Gasteiger partial charge in [-0.15, -0.1) is 11.3 Å². The molecule has 3 heteroatoms. The van der Waals surface area contributed by atoms with Crippen molar-refractivity contribution < 1.29 is 0 Å². The largest absolute Gasteiger partial charge is 0.303 e. The minimum Gasteiger partial charge on any atom is -0.303 e. The van der Waals surface area contributed by atoms with E-state index < -0.39 is 0 Å². The first-order valence-corrected chi connectivity index (χ1v) is 7.92. The molecule has 0 fully saturated rings. The summed E-state index contributed by atoms with van der Waals surface area (Å²) in [6, 6.07) is 0.468. The molecular weight excluding hydrogens is 240 g/mol. The van der Waals surface area contributed by atoms with Gasteiger partial charge in [0, 0.05) is 11.4 Å². The third-order valence-corrected chi connectivity index (χ3v) is 4.84. The summed E-state index contributed by atoms with van der Waals surface area (Å²) in [6.07, 6.45) is 1.16. The Morgan fingerprint density at radius 2 is 1.89 bits per heavy atom. The van der Waals surface area contributed by atoms with Gasteiger partial charge in [-0.1, -0.05) is 34.1 Å². The SMILES string of the molecule is CCC(C)C(C)(NC(C)C)c1nc(C(C)C)cs1. The summed E-state index contributed by atoms with van der Waals surface area (Å²) in [5.41, 5.74) is 1.20. The number of aromatic nitrogens is 1. The molecule has 1 aromatic rings. The highest BCUT2D eigenvalue weighted by Crippen LogP contribution is 2.35. The Morgan fingerprint density at radius 1 is 1.28 bits per heavy atom. The molecule has 0 aromatic carbocycles. The number of nitrogens with zero attached hydrogens (tertiary/aromatic N) is 1. The van der Waals surface area contributed by atoms with Gasteiger partial charge in [-0.2, -0.15) is 0 Å². The van der Waals surface area contributed by atoms with Gasteiger partial charge in [-0.05, 0) is 32.6 Å².